The molecule has 0 radical (unpaired) electrons. The zero-order chi connectivity index (χ0) is 19.6. The number of furan rings is 1. The summed E-state index contributed by atoms with van der Waals surface area (Å²) in [6.07, 6.45) is -1.64. The predicted molar refractivity (Wildman–Crippen MR) is 89.7 cm³/mol. The third-order valence-electron chi connectivity index (χ3n) is 3.87. The third kappa shape index (κ3) is 3.97. The number of alkyl halides is 3. The van der Waals surface area contributed by atoms with E-state index in [9.17, 15) is 18.0 Å². The first kappa shape index (κ1) is 18.6. The van der Waals surface area contributed by atoms with Gasteiger partial charge >= 0.3 is 6.18 Å². The summed E-state index contributed by atoms with van der Waals surface area (Å²) in [6.45, 7) is 1.73. The maximum absolute atomic E-state index is 12.9. The summed E-state index contributed by atoms with van der Waals surface area (Å²) in [4.78, 5) is 12.5. The van der Waals surface area contributed by atoms with Gasteiger partial charge in [0, 0.05) is 0 Å². The first-order valence-electron chi connectivity index (χ1n) is 7.95. The van der Waals surface area contributed by atoms with Crippen molar-refractivity contribution in [2.45, 2.75) is 19.1 Å². The second-order valence-corrected chi connectivity index (χ2v) is 5.75. The minimum Gasteiger partial charge on any atom is -0.493 e. The summed E-state index contributed by atoms with van der Waals surface area (Å²) in [6, 6.07) is 7.61. The molecule has 0 unspecified atom stereocenters. The van der Waals surface area contributed by atoms with E-state index in [0.717, 1.165) is 12.1 Å². The number of hydrogen-bond donors (Lipinski definition) is 1. The summed E-state index contributed by atoms with van der Waals surface area (Å²) in [5, 5.41) is 6.80. The van der Waals surface area contributed by atoms with Crippen molar-refractivity contribution in [2.75, 3.05) is 7.11 Å². The van der Waals surface area contributed by atoms with Crippen LogP contribution < -0.4 is 10.1 Å². The summed E-state index contributed by atoms with van der Waals surface area (Å²) in [5.74, 6) is 0.151. The molecule has 9 heteroatoms. The molecule has 6 nitrogen and oxygen atoms in total. The number of carbonyl (C=O) groups excluding carboxylic acids is 1. The van der Waals surface area contributed by atoms with E-state index in [2.05, 4.69) is 10.4 Å². The summed E-state index contributed by atoms with van der Waals surface area (Å²) < 4.78 is 50.3. The molecule has 0 fully saturated rings. The molecular weight excluding hydrogens is 363 g/mol. The second kappa shape index (κ2) is 7.18. The molecule has 0 aliphatic carbocycles. The first-order chi connectivity index (χ1) is 12.8. The molecule has 0 saturated carbocycles. The van der Waals surface area contributed by atoms with Crippen molar-refractivity contribution in [1.29, 1.82) is 0 Å². The number of nitrogens with zero attached hydrogens (tertiary/aromatic N) is 2. The molecule has 1 amide bonds. The largest absolute Gasteiger partial charge is 0.493 e. The number of hydrogen-bond acceptors (Lipinski definition) is 4. The molecule has 0 spiro atoms. The number of halogens is 3. The van der Waals surface area contributed by atoms with Crippen LogP contribution in [-0.2, 0) is 6.18 Å². The van der Waals surface area contributed by atoms with Gasteiger partial charge in [0.25, 0.3) is 5.91 Å². The molecule has 0 aliphatic heterocycles. The van der Waals surface area contributed by atoms with E-state index in [-0.39, 0.29) is 17.1 Å². The smallest absolute Gasteiger partial charge is 0.416 e. The molecule has 0 bridgehead atoms. The number of carbonyl (C=O) groups is 1. The fourth-order valence-corrected chi connectivity index (χ4v) is 2.50. The van der Waals surface area contributed by atoms with Crippen molar-refractivity contribution >= 4 is 5.91 Å². The van der Waals surface area contributed by atoms with E-state index in [1.54, 1.807) is 19.1 Å². The van der Waals surface area contributed by atoms with Crippen LogP contribution in [0.5, 0.6) is 5.75 Å². The van der Waals surface area contributed by atoms with Crippen molar-refractivity contribution in [3.8, 4) is 11.4 Å². The minimum atomic E-state index is -4.48. The highest BCUT2D eigenvalue weighted by atomic mass is 19.4. The van der Waals surface area contributed by atoms with Crippen LogP contribution in [0.15, 0.2) is 53.3 Å². The predicted octanol–water partition coefficient (Wildman–Crippen LogP) is 3.98. The Balaban J connectivity index is 1.88. The lowest BCUT2D eigenvalue weighted by molar-refractivity contribution is -0.137. The Morgan fingerprint density at radius 2 is 2.07 bits per heavy atom. The third-order valence-corrected chi connectivity index (χ3v) is 3.87. The number of benzene rings is 1. The van der Waals surface area contributed by atoms with Gasteiger partial charge in [-0.3, -0.25) is 4.79 Å². The average molecular weight is 379 g/mol. The van der Waals surface area contributed by atoms with Crippen LogP contribution in [-0.4, -0.2) is 22.8 Å². The molecule has 0 aliphatic rings. The molecule has 27 heavy (non-hydrogen) atoms. The van der Waals surface area contributed by atoms with Crippen molar-refractivity contribution < 1.29 is 27.1 Å². The fourth-order valence-electron chi connectivity index (χ4n) is 2.50. The van der Waals surface area contributed by atoms with Crippen molar-refractivity contribution in [3.05, 3.63) is 65.9 Å². The van der Waals surface area contributed by atoms with E-state index < -0.39 is 23.7 Å². The van der Waals surface area contributed by atoms with Crippen LogP contribution in [0.3, 0.4) is 0 Å². The van der Waals surface area contributed by atoms with Gasteiger partial charge in [0.2, 0.25) is 0 Å². The van der Waals surface area contributed by atoms with Crippen molar-refractivity contribution in [3.63, 3.8) is 0 Å². The van der Waals surface area contributed by atoms with Crippen LogP contribution in [0.4, 0.5) is 13.2 Å². The molecule has 3 aromatic rings. The van der Waals surface area contributed by atoms with E-state index in [1.807, 2.05) is 0 Å². The van der Waals surface area contributed by atoms with Gasteiger partial charge in [-0.15, -0.1) is 0 Å². The highest BCUT2D eigenvalue weighted by molar-refractivity contribution is 5.95. The highest BCUT2D eigenvalue weighted by Gasteiger charge is 2.31. The molecule has 2 heterocycles. The Bertz CT molecular complexity index is 933. The molecule has 1 atom stereocenters. The maximum Gasteiger partial charge on any atom is 0.416 e. The molecular formula is C18H16F3N3O3. The topological polar surface area (TPSA) is 69.3 Å². The summed E-state index contributed by atoms with van der Waals surface area (Å²) in [7, 11) is 1.35. The molecule has 3 rings (SSSR count). The Morgan fingerprint density at radius 1 is 1.30 bits per heavy atom. The van der Waals surface area contributed by atoms with Crippen LogP contribution in [0.2, 0.25) is 0 Å². The van der Waals surface area contributed by atoms with Crippen LogP contribution in [0.1, 0.15) is 34.8 Å². The van der Waals surface area contributed by atoms with Gasteiger partial charge in [-0.25, -0.2) is 4.68 Å². The molecule has 2 aromatic heterocycles. The standard InChI is InChI=1S/C18H16F3N3O3/c1-11(14-7-4-8-27-14)22-17(25)16-15(26-2)10-24(23-16)13-6-3-5-12(9-13)18(19,20)21/h3-11H,1-2H3,(H,22,25)/t11-/m1/s1. The van der Waals surface area contributed by atoms with Gasteiger partial charge in [-0.1, -0.05) is 6.07 Å². The molecule has 1 aromatic carbocycles. The lowest BCUT2D eigenvalue weighted by Gasteiger charge is -2.10. The van der Waals surface area contributed by atoms with Crippen molar-refractivity contribution in [2.24, 2.45) is 0 Å². The van der Waals surface area contributed by atoms with Crippen LogP contribution in [0.25, 0.3) is 5.69 Å². The second-order valence-electron chi connectivity index (χ2n) is 5.75. The highest BCUT2D eigenvalue weighted by Crippen LogP contribution is 2.30. The molecule has 1 N–H and O–H groups in total. The summed E-state index contributed by atoms with van der Waals surface area (Å²) >= 11 is 0. The van der Waals surface area contributed by atoms with Crippen LogP contribution >= 0.6 is 0 Å². The number of nitrogens with one attached hydrogen (secondary N) is 1. The summed E-state index contributed by atoms with van der Waals surface area (Å²) in [5.41, 5.74) is -0.707. The van der Waals surface area contributed by atoms with Gasteiger partial charge in [0.05, 0.1) is 36.9 Å². The molecule has 0 saturated heterocycles. The lowest BCUT2D eigenvalue weighted by Crippen LogP contribution is -2.27. The van der Waals surface area contributed by atoms with Gasteiger partial charge in [-0.2, -0.15) is 18.3 Å². The lowest BCUT2D eigenvalue weighted by atomic mass is 10.2. The normalized spacial score (nSPS) is 12.6. The number of aromatic nitrogens is 2. The van der Waals surface area contributed by atoms with E-state index in [4.69, 9.17) is 9.15 Å². The van der Waals surface area contributed by atoms with Gasteiger partial charge in [0.15, 0.2) is 11.4 Å². The Morgan fingerprint density at radius 3 is 2.70 bits per heavy atom. The Kier molecular flexibility index (Phi) is 4.93. The van der Waals surface area contributed by atoms with Crippen LogP contribution in [0, 0.1) is 0 Å². The zero-order valence-corrected chi connectivity index (χ0v) is 14.4. The SMILES string of the molecule is COc1cn(-c2cccc(C(F)(F)F)c2)nc1C(=O)N[C@H](C)c1ccco1. The monoisotopic (exact) mass is 379 g/mol. The van der Waals surface area contributed by atoms with E-state index >= 15 is 0 Å². The first-order valence-corrected chi connectivity index (χ1v) is 7.95. The number of rotatable bonds is 5. The average Bonchev–Trinajstić information content (AvgIpc) is 3.30. The van der Waals surface area contributed by atoms with Gasteiger partial charge in [0.1, 0.15) is 5.76 Å². The Labute approximate surface area is 152 Å². The fraction of sp³-hybridized carbons (Fsp3) is 0.222. The quantitative estimate of drug-likeness (QED) is 0.728. The minimum absolute atomic E-state index is 0.0479. The number of ether oxygens (including phenoxy) is 1. The maximum atomic E-state index is 12.9. The van der Waals surface area contributed by atoms with E-state index in [1.165, 1.54) is 36.4 Å². The van der Waals surface area contributed by atoms with E-state index in [0.29, 0.717) is 5.76 Å². The van der Waals surface area contributed by atoms with Gasteiger partial charge in [-0.05, 0) is 37.3 Å². The Hall–Kier alpha value is -3.23. The van der Waals surface area contributed by atoms with Crippen molar-refractivity contribution in [1.82, 2.24) is 15.1 Å². The number of methoxy groups -OCH3 is 1. The van der Waals surface area contributed by atoms with Gasteiger partial charge < -0.3 is 14.5 Å². The molecule has 142 valence electrons. The zero-order valence-electron chi connectivity index (χ0n) is 14.4. The number of amides is 1.